The molecule has 1 heterocycles. The summed E-state index contributed by atoms with van der Waals surface area (Å²) >= 11 is 1.13. The SMILES string of the molecule is CN(CC(=O)Nc1cccc(F)c1)CC(=O)Nc1nc(-c2ccc(F)c(F)c2)cs1. The zero-order chi connectivity index (χ0) is 21.7. The van der Waals surface area contributed by atoms with Crippen molar-refractivity contribution < 1.29 is 22.8 Å². The minimum atomic E-state index is -0.982. The van der Waals surface area contributed by atoms with Crippen LogP contribution in [0.5, 0.6) is 0 Å². The summed E-state index contributed by atoms with van der Waals surface area (Å²) in [6.07, 6.45) is 0. The van der Waals surface area contributed by atoms with Crippen molar-refractivity contribution in [1.82, 2.24) is 9.88 Å². The highest BCUT2D eigenvalue weighted by molar-refractivity contribution is 7.14. The molecule has 0 aliphatic carbocycles. The fraction of sp³-hybridized carbons (Fsp3) is 0.150. The van der Waals surface area contributed by atoms with E-state index in [1.165, 1.54) is 29.2 Å². The van der Waals surface area contributed by atoms with E-state index >= 15 is 0 Å². The predicted molar refractivity (Wildman–Crippen MR) is 109 cm³/mol. The number of nitrogens with one attached hydrogen (secondary N) is 2. The highest BCUT2D eigenvalue weighted by Crippen LogP contribution is 2.26. The Balaban J connectivity index is 1.51. The molecule has 0 saturated carbocycles. The number of carbonyl (C=O) groups excluding carboxylic acids is 2. The molecule has 3 rings (SSSR count). The molecule has 0 spiro atoms. The number of aromatic nitrogens is 1. The molecule has 2 N–H and O–H groups in total. The first kappa shape index (κ1) is 21.5. The minimum Gasteiger partial charge on any atom is -0.325 e. The van der Waals surface area contributed by atoms with E-state index in [0.29, 0.717) is 16.9 Å². The first-order chi connectivity index (χ1) is 14.3. The van der Waals surface area contributed by atoms with Crippen LogP contribution in [0.2, 0.25) is 0 Å². The molecule has 6 nitrogen and oxygen atoms in total. The summed E-state index contributed by atoms with van der Waals surface area (Å²) in [4.78, 5) is 29.9. The van der Waals surface area contributed by atoms with E-state index in [2.05, 4.69) is 15.6 Å². The normalized spacial score (nSPS) is 10.8. The third-order valence-corrected chi connectivity index (χ3v) is 4.66. The molecule has 0 fully saturated rings. The van der Waals surface area contributed by atoms with E-state index in [0.717, 1.165) is 23.5 Å². The number of nitrogens with zero attached hydrogens (tertiary/aromatic N) is 2. The van der Waals surface area contributed by atoms with Gasteiger partial charge in [-0.2, -0.15) is 0 Å². The fourth-order valence-corrected chi connectivity index (χ4v) is 3.33. The molecule has 0 aliphatic heterocycles. The number of anilines is 2. The lowest BCUT2D eigenvalue weighted by Gasteiger charge is -2.15. The molecule has 156 valence electrons. The summed E-state index contributed by atoms with van der Waals surface area (Å²) in [7, 11) is 1.58. The van der Waals surface area contributed by atoms with Crippen LogP contribution < -0.4 is 10.6 Å². The molecular weight excluding hydrogens is 417 g/mol. The largest absolute Gasteiger partial charge is 0.325 e. The molecule has 3 aromatic rings. The van der Waals surface area contributed by atoms with Crippen LogP contribution in [-0.2, 0) is 9.59 Å². The Morgan fingerprint density at radius 2 is 1.73 bits per heavy atom. The number of amides is 2. The molecule has 0 bridgehead atoms. The summed E-state index contributed by atoms with van der Waals surface area (Å²) in [5.74, 6) is -3.20. The predicted octanol–water partition coefficient (Wildman–Crippen LogP) is 3.74. The molecule has 0 unspecified atom stereocenters. The number of halogens is 3. The minimum absolute atomic E-state index is 0.0814. The van der Waals surface area contributed by atoms with Gasteiger partial charge in [-0.05, 0) is 43.4 Å². The number of hydrogen-bond donors (Lipinski definition) is 2. The van der Waals surface area contributed by atoms with Crippen LogP contribution in [0.15, 0.2) is 47.8 Å². The topological polar surface area (TPSA) is 74.3 Å². The second kappa shape index (κ2) is 9.51. The Kier molecular flexibility index (Phi) is 6.80. The number of likely N-dealkylation sites (N-methyl/N-ethyl adjacent to an activating group) is 1. The number of thiazole rings is 1. The Labute approximate surface area is 174 Å². The van der Waals surface area contributed by atoms with Crippen molar-refractivity contribution in [3.8, 4) is 11.3 Å². The summed E-state index contributed by atoms with van der Waals surface area (Å²) in [5.41, 5.74) is 1.11. The standard InChI is InChI=1S/C20H17F3N4O2S/c1-27(9-18(28)24-14-4-2-3-13(21)8-14)10-19(29)26-20-25-17(11-30-20)12-5-6-15(22)16(23)7-12/h2-8,11H,9-10H2,1H3,(H,24,28)(H,25,26,29). The summed E-state index contributed by atoms with van der Waals surface area (Å²) in [6, 6.07) is 8.92. The van der Waals surface area contributed by atoms with Gasteiger partial charge < -0.3 is 10.6 Å². The Morgan fingerprint density at radius 3 is 2.43 bits per heavy atom. The van der Waals surface area contributed by atoms with E-state index in [-0.39, 0.29) is 18.2 Å². The van der Waals surface area contributed by atoms with E-state index in [9.17, 15) is 22.8 Å². The molecule has 2 amide bonds. The molecule has 0 aliphatic rings. The molecule has 30 heavy (non-hydrogen) atoms. The third-order valence-electron chi connectivity index (χ3n) is 3.90. The average molecular weight is 434 g/mol. The lowest BCUT2D eigenvalue weighted by Crippen LogP contribution is -2.36. The van der Waals surface area contributed by atoms with Crippen molar-refractivity contribution in [2.75, 3.05) is 30.8 Å². The zero-order valence-corrected chi connectivity index (χ0v) is 16.6. The van der Waals surface area contributed by atoms with Crippen LogP contribution in [0.1, 0.15) is 0 Å². The summed E-state index contributed by atoms with van der Waals surface area (Å²) in [5, 5.41) is 7.04. The highest BCUT2D eigenvalue weighted by Gasteiger charge is 2.14. The van der Waals surface area contributed by atoms with Crippen LogP contribution in [0, 0.1) is 17.5 Å². The highest BCUT2D eigenvalue weighted by atomic mass is 32.1. The van der Waals surface area contributed by atoms with Gasteiger partial charge in [0.25, 0.3) is 0 Å². The number of hydrogen-bond acceptors (Lipinski definition) is 5. The lowest BCUT2D eigenvalue weighted by molar-refractivity contribution is -0.119. The van der Waals surface area contributed by atoms with Gasteiger partial charge in [0.2, 0.25) is 11.8 Å². The van der Waals surface area contributed by atoms with Crippen LogP contribution in [0.4, 0.5) is 24.0 Å². The lowest BCUT2D eigenvalue weighted by atomic mass is 10.2. The van der Waals surface area contributed by atoms with Gasteiger partial charge in [-0.1, -0.05) is 6.07 Å². The van der Waals surface area contributed by atoms with Crippen LogP contribution >= 0.6 is 11.3 Å². The van der Waals surface area contributed by atoms with Crippen molar-refractivity contribution in [2.45, 2.75) is 0 Å². The number of carbonyl (C=O) groups is 2. The third kappa shape index (κ3) is 5.88. The van der Waals surface area contributed by atoms with Gasteiger partial charge >= 0.3 is 0 Å². The van der Waals surface area contributed by atoms with E-state index in [1.54, 1.807) is 18.5 Å². The van der Waals surface area contributed by atoms with Gasteiger partial charge in [0, 0.05) is 16.6 Å². The first-order valence-electron chi connectivity index (χ1n) is 8.75. The van der Waals surface area contributed by atoms with Gasteiger partial charge in [0.1, 0.15) is 5.82 Å². The number of benzene rings is 2. The van der Waals surface area contributed by atoms with E-state index in [4.69, 9.17) is 0 Å². The van der Waals surface area contributed by atoms with E-state index < -0.39 is 29.3 Å². The smallest absolute Gasteiger partial charge is 0.240 e. The van der Waals surface area contributed by atoms with E-state index in [1.807, 2.05) is 0 Å². The molecule has 2 aromatic carbocycles. The molecule has 0 radical (unpaired) electrons. The summed E-state index contributed by atoms with van der Waals surface area (Å²) in [6.45, 7) is -0.168. The van der Waals surface area contributed by atoms with Crippen molar-refractivity contribution in [1.29, 1.82) is 0 Å². The number of rotatable bonds is 7. The van der Waals surface area contributed by atoms with Gasteiger partial charge in [0.15, 0.2) is 16.8 Å². The molecule has 10 heteroatoms. The van der Waals surface area contributed by atoms with Crippen molar-refractivity contribution in [3.63, 3.8) is 0 Å². The summed E-state index contributed by atoms with van der Waals surface area (Å²) < 4.78 is 39.6. The van der Waals surface area contributed by atoms with Crippen LogP contribution in [-0.4, -0.2) is 41.8 Å². The molecule has 0 atom stereocenters. The Bertz CT molecular complexity index is 1070. The molecule has 1 aromatic heterocycles. The maximum Gasteiger partial charge on any atom is 0.240 e. The second-order valence-corrected chi connectivity index (χ2v) is 7.30. The average Bonchev–Trinajstić information content (AvgIpc) is 3.11. The Hall–Kier alpha value is -3.24. The van der Waals surface area contributed by atoms with Crippen LogP contribution in [0.3, 0.4) is 0 Å². The van der Waals surface area contributed by atoms with Crippen LogP contribution in [0.25, 0.3) is 11.3 Å². The van der Waals surface area contributed by atoms with Crippen molar-refractivity contribution in [3.05, 3.63) is 65.3 Å². The van der Waals surface area contributed by atoms with Gasteiger partial charge in [-0.15, -0.1) is 11.3 Å². The maximum atomic E-state index is 13.4. The maximum absolute atomic E-state index is 13.4. The van der Waals surface area contributed by atoms with Crippen molar-refractivity contribution >= 4 is 34.0 Å². The Morgan fingerprint density at radius 1 is 1.00 bits per heavy atom. The van der Waals surface area contributed by atoms with Crippen molar-refractivity contribution in [2.24, 2.45) is 0 Å². The van der Waals surface area contributed by atoms with Gasteiger partial charge in [0.05, 0.1) is 18.8 Å². The molecule has 0 saturated heterocycles. The van der Waals surface area contributed by atoms with Gasteiger partial charge in [-0.3, -0.25) is 14.5 Å². The quantitative estimate of drug-likeness (QED) is 0.594. The van der Waals surface area contributed by atoms with Gasteiger partial charge in [-0.25, -0.2) is 18.2 Å². The fourth-order valence-electron chi connectivity index (χ4n) is 2.59. The monoisotopic (exact) mass is 434 g/mol. The molecular formula is C20H17F3N4O2S. The first-order valence-corrected chi connectivity index (χ1v) is 9.63. The second-order valence-electron chi connectivity index (χ2n) is 6.45. The zero-order valence-electron chi connectivity index (χ0n) is 15.8.